The minimum Gasteiger partial charge on any atom is -0.480 e. The zero-order valence-electron chi connectivity index (χ0n) is 11.0. The smallest absolute Gasteiger partial charge is 0.329 e. The largest absolute Gasteiger partial charge is 0.480 e. The maximum absolute atomic E-state index is 11.6. The molecule has 0 saturated heterocycles. The van der Waals surface area contributed by atoms with Gasteiger partial charge in [0, 0.05) is 13.6 Å². The van der Waals surface area contributed by atoms with E-state index in [1.807, 2.05) is 18.2 Å². The van der Waals surface area contributed by atoms with Gasteiger partial charge in [-0.1, -0.05) is 30.3 Å². The third-order valence-corrected chi connectivity index (χ3v) is 2.68. The third-order valence-electron chi connectivity index (χ3n) is 2.68. The number of carboxylic acid groups (broad SMARTS) is 1. The van der Waals surface area contributed by atoms with Crippen molar-refractivity contribution in [3.05, 3.63) is 35.9 Å². The molecule has 0 aliphatic rings. The number of hydrogen-bond acceptors (Lipinski definition) is 3. The van der Waals surface area contributed by atoms with Crippen LogP contribution in [0.15, 0.2) is 30.3 Å². The highest BCUT2D eigenvalue weighted by atomic mass is 16.5. The van der Waals surface area contributed by atoms with Crippen molar-refractivity contribution in [3.8, 4) is 0 Å². The van der Waals surface area contributed by atoms with Crippen LogP contribution in [0.1, 0.15) is 12.0 Å². The highest BCUT2D eigenvalue weighted by molar-refractivity contribution is 5.77. The molecular formula is C14H19NO4. The molecule has 19 heavy (non-hydrogen) atoms. The predicted octanol–water partition coefficient (Wildman–Crippen LogP) is 1.18. The Kier molecular flexibility index (Phi) is 6.60. The van der Waals surface area contributed by atoms with Gasteiger partial charge in [0.1, 0.15) is 13.2 Å². The summed E-state index contributed by atoms with van der Waals surface area (Å²) in [6.45, 7) is 0.00188. The molecule has 0 saturated carbocycles. The second-order valence-electron chi connectivity index (χ2n) is 4.29. The van der Waals surface area contributed by atoms with Gasteiger partial charge < -0.3 is 14.7 Å². The predicted molar refractivity (Wildman–Crippen MR) is 70.9 cm³/mol. The van der Waals surface area contributed by atoms with Gasteiger partial charge in [-0.05, 0) is 18.4 Å². The number of aryl methyl sites for hydroxylation is 1. The molecule has 0 aliphatic heterocycles. The normalized spacial score (nSPS) is 10.2. The number of benzene rings is 1. The number of amides is 1. The van der Waals surface area contributed by atoms with Crippen molar-refractivity contribution < 1.29 is 19.4 Å². The van der Waals surface area contributed by atoms with E-state index in [1.54, 1.807) is 11.9 Å². The highest BCUT2D eigenvalue weighted by Crippen LogP contribution is 2.03. The molecule has 0 spiro atoms. The Labute approximate surface area is 112 Å². The lowest BCUT2D eigenvalue weighted by atomic mass is 10.1. The van der Waals surface area contributed by atoms with Crippen molar-refractivity contribution in [2.24, 2.45) is 0 Å². The Morgan fingerprint density at radius 2 is 1.89 bits per heavy atom. The molecule has 1 amide bonds. The Hall–Kier alpha value is -1.88. The molecule has 0 aliphatic carbocycles. The number of ether oxygens (including phenoxy) is 1. The molecular weight excluding hydrogens is 246 g/mol. The van der Waals surface area contributed by atoms with Crippen LogP contribution in [0.3, 0.4) is 0 Å². The van der Waals surface area contributed by atoms with Gasteiger partial charge in [-0.3, -0.25) is 4.79 Å². The van der Waals surface area contributed by atoms with E-state index in [0.717, 1.165) is 12.8 Å². The molecule has 5 heteroatoms. The molecule has 1 aromatic rings. The van der Waals surface area contributed by atoms with E-state index in [-0.39, 0.29) is 12.5 Å². The van der Waals surface area contributed by atoms with E-state index in [9.17, 15) is 9.59 Å². The Morgan fingerprint density at radius 1 is 1.21 bits per heavy atom. The molecule has 0 radical (unpaired) electrons. The zero-order valence-corrected chi connectivity index (χ0v) is 11.0. The average Bonchev–Trinajstić information content (AvgIpc) is 2.39. The van der Waals surface area contributed by atoms with Gasteiger partial charge in [0.25, 0.3) is 0 Å². The fourth-order valence-electron chi connectivity index (χ4n) is 1.63. The number of nitrogens with zero attached hydrogens (tertiary/aromatic N) is 1. The SMILES string of the molecule is CN(CCCc1ccccc1)C(=O)COCC(=O)O. The van der Waals surface area contributed by atoms with Crippen LogP contribution in [0.4, 0.5) is 0 Å². The molecule has 0 bridgehead atoms. The van der Waals surface area contributed by atoms with Crippen molar-refractivity contribution >= 4 is 11.9 Å². The molecule has 1 N–H and O–H groups in total. The summed E-state index contributed by atoms with van der Waals surface area (Å²) < 4.78 is 4.75. The van der Waals surface area contributed by atoms with Crippen molar-refractivity contribution in [2.45, 2.75) is 12.8 Å². The van der Waals surface area contributed by atoms with E-state index in [0.29, 0.717) is 6.54 Å². The lowest BCUT2D eigenvalue weighted by Gasteiger charge is -2.16. The molecule has 0 fully saturated rings. The van der Waals surface area contributed by atoms with Gasteiger partial charge >= 0.3 is 5.97 Å². The fraction of sp³-hybridized carbons (Fsp3) is 0.429. The molecule has 5 nitrogen and oxygen atoms in total. The van der Waals surface area contributed by atoms with Crippen LogP contribution in [0, 0.1) is 0 Å². The van der Waals surface area contributed by atoms with Gasteiger partial charge in [0.15, 0.2) is 0 Å². The number of carbonyl (C=O) groups excluding carboxylic acids is 1. The molecule has 0 unspecified atom stereocenters. The second kappa shape index (κ2) is 8.26. The summed E-state index contributed by atoms with van der Waals surface area (Å²) in [6, 6.07) is 10.1. The standard InChI is InChI=1S/C14H19NO4/c1-15(13(16)10-19-11-14(17)18)9-5-8-12-6-3-2-4-7-12/h2-4,6-7H,5,8-11H2,1H3,(H,17,18). The number of rotatable bonds is 8. The van der Waals surface area contributed by atoms with Crippen molar-refractivity contribution in [3.63, 3.8) is 0 Å². The number of hydrogen-bond donors (Lipinski definition) is 1. The summed E-state index contributed by atoms with van der Waals surface area (Å²) >= 11 is 0. The Bertz CT molecular complexity index is 405. The van der Waals surface area contributed by atoms with Crippen LogP contribution in [-0.4, -0.2) is 48.7 Å². The quantitative estimate of drug-likeness (QED) is 0.766. The first-order chi connectivity index (χ1) is 9.09. The lowest BCUT2D eigenvalue weighted by Crippen LogP contribution is -2.32. The summed E-state index contributed by atoms with van der Waals surface area (Å²) in [7, 11) is 1.69. The van der Waals surface area contributed by atoms with E-state index < -0.39 is 12.6 Å². The summed E-state index contributed by atoms with van der Waals surface area (Å²) in [4.78, 5) is 23.4. The van der Waals surface area contributed by atoms with Crippen molar-refractivity contribution in [1.29, 1.82) is 0 Å². The van der Waals surface area contributed by atoms with Crippen LogP contribution in [0.5, 0.6) is 0 Å². The van der Waals surface area contributed by atoms with Gasteiger partial charge in [0.05, 0.1) is 0 Å². The van der Waals surface area contributed by atoms with Crippen molar-refractivity contribution in [1.82, 2.24) is 4.90 Å². The first-order valence-corrected chi connectivity index (χ1v) is 6.17. The van der Waals surface area contributed by atoms with Crippen LogP contribution in [0.25, 0.3) is 0 Å². The second-order valence-corrected chi connectivity index (χ2v) is 4.29. The van der Waals surface area contributed by atoms with Crippen LogP contribution < -0.4 is 0 Å². The number of aliphatic carboxylic acids is 1. The molecule has 0 heterocycles. The zero-order chi connectivity index (χ0) is 14.1. The van der Waals surface area contributed by atoms with Crippen molar-refractivity contribution in [2.75, 3.05) is 26.8 Å². The van der Waals surface area contributed by atoms with Crippen LogP contribution in [0.2, 0.25) is 0 Å². The number of carboxylic acids is 1. The monoisotopic (exact) mass is 265 g/mol. The van der Waals surface area contributed by atoms with Gasteiger partial charge in [0.2, 0.25) is 5.91 Å². The molecule has 104 valence electrons. The lowest BCUT2D eigenvalue weighted by molar-refractivity contribution is -0.145. The first kappa shape index (κ1) is 15.2. The Morgan fingerprint density at radius 3 is 2.53 bits per heavy atom. The van der Waals surface area contributed by atoms with Crippen LogP contribution in [-0.2, 0) is 20.7 Å². The highest BCUT2D eigenvalue weighted by Gasteiger charge is 2.09. The topological polar surface area (TPSA) is 66.8 Å². The minimum atomic E-state index is -1.07. The molecule has 0 atom stereocenters. The first-order valence-electron chi connectivity index (χ1n) is 6.17. The maximum Gasteiger partial charge on any atom is 0.329 e. The van der Waals surface area contributed by atoms with E-state index in [1.165, 1.54) is 5.56 Å². The summed E-state index contributed by atoms with van der Waals surface area (Å²) in [5.74, 6) is -1.27. The molecule has 0 aromatic heterocycles. The molecule has 1 aromatic carbocycles. The van der Waals surface area contributed by atoms with Gasteiger partial charge in [-0.25, -0.2) is 4.79 Å². The fourth-order valence-corrected chi connectivity index (χ4v) is 1.63. The maximum atomic E-state index is 11.6. The minimum absolute atomic E-state index is 0.186. The van der Waals surface area contributed by atoms with E-state index >= 15 is 0 Å². The number of likely N-dealkylation sites (N-methyl/N-ethyl adjacent to an activating group) is 1. The average molecular weight is 265 g/mol. The van der Waals surface area contributed by atoms with Gasteiger partial charge in [-0.15, -0.1) is 0 Å². The van der Waals surface area contributed by atoms with E-state index in [2.05, 4.69) is 12.1 Å². The summed E-state index contributed by atoms with van der Waals surface area (Å²) in [6.07, 6.45) is 1.78. The number of carbonyl (C=O) groups is 2. The van der Waals surface area contributed by atoms with Gasteiger partial charge in [-0.2, -0.15) is 0 Å². The Balaban J connectivity index is 2.18. The van der Waals surface area contributed by atoms with Crippen LogP contribution >= 0.6 is 0 Å². The summed E-state index contributed by atoms with van der Waals surface area (Å²) in [5, 5.41) is 8.38. The third kappa shape index (κ3) is 6.57. The van der Waals surface area contributed by atoms with E-state index in [4.69, 9.17) is 9.84 Å². The molecule has 1 rings (SSSR count). The summed E-state index contributed by atoms with van der Waals surface area (Å²) in [5.41, 5.74) is 1.24.